The van der Waals surface area contributed by atoms with E-state index in [-0.39, 0.29) is 23.1 Å². The highest BCUT2D eigenvalue weighted by Gasteiger charge is 2.23. The van der Waals surface area contributed by atoms with Crippen LogP contribution in [0.3, 0.4) is 0 Å². The van der Waals surface area contributed by atoms with Gasteiger partial charge in [-0.2, -0.15) is 5.26 Å². The van der Waals surface area contributed by atoms with E-state index >= 15 is 0 Å². The van der Waals surface area contributed by atoms with Gasteiger partial charge in [0.1, 0.15) is 11.6 Å². The van der Waals surface area contributed by atoms with E-state index in [9.17, 15) is 15.2 Å². The summed E-state index contributed by atoms with van der Waals surface area (Å²) in [4.78, 5) is 12.5. The molecule has 7 nitrogen and oxygen atoms in total. The van der Waals surface area contributed by atoms with Crippen molar-refractivity contribution in [2.75, 3.05) is 6.54 Å². The van der Waals surface area contributed by atoms with Crippen molar-refractivity contribution in [1.29, 1.82) is 5.26 Å². The van der Waals surface area contributed by atoms with Gasteiger partial charge < -0.3 is 10.4 Å². The van der Waals surface area contributed by atoms with E-state index in [0.717, 1.165) is 47.9 Å². The Morgan fingerprint density at radius 3 is 2.50 bits per heavy atom. The number of nitriles is 1. The molecule has 0 saturated heterocycles. The number of unbranched alkanes of at least 4 members (excludes halogenated alkanes) is 1. The van der Waals surface area contributed by atoms with Gasteiger partial charge in [0.25, 0.3) is 5.91 Å². The van der Waals surface area contributed by atoms with E-state index in [4.69, 9.17) is 16.7 Å². The first-order valence-electron chi connectivity index (χ1n) is 14.4. The Bertz CT molecular complexity index is 1750. The zero-order valence-corrected chi connectivity index (χ0v) is 25.6. The van der Waals surface area contributed by atoms with Crippen molar-refractivity contribution in [1.82, 2.24) is 20.1 Å². The van der Waals surface area contributed by atoms with Gasteiger partial charge in [-0.3, -0.25) is 9.36 Å². The first-order valence-corrected chi connectivity index (χ1v) is 15.8. The summed E-state index contributed by atoms with van der Waals surface area (Å²) in [5, 5.41) is 33.0. The number of para-hydroxylation sites is 1. The quantitative estimate of drug-likeness (QED) is 0.103. The summed E-state index contributed by atoms with van der Waals surface area (Å²) in [6.07, 6.45) is 3.23. The number of nitrogens with zero attached hydrogens (tertiary/aromatic N) is 4. The molecule has 0 aliphatic rings. The predicted molar refractivity (Wildman–Crippen MR) is 174 cm³/mol. The number of nitrogens with one attached hydrogen (secondary N) is 1. The number of amides is 1. The third kappa shape index (κ3) is 8.07. The fourth-order valence-corrected chi connectivity index (χ4v) is 6.16. The van der Waals surface area contributed by atoms with Crippen molar-refractivity contribution in [3.05, 3.63) is 136 Å². The smallest absolute Gasteiger partial charge is 0.255 e. The molecule has 1 aromatic heterocycles. The van der Waals surface area contributed by atoms with Gasteiger partial charge >= 0.3 is 0 Å². The second kappa shape index (κ2) is 15.2. The first kappa shape index (κ1) is 30.9. The number of rotatable bonds is 13. The zero-order valence-electron chi connectivity index (χ0n) is 24.1. The number of aromatic hydroxyl groups is 1. The van der Waals surface area contributed by atoms with Crippen molar-refractivity contribution in [3.8, 4) is 17.5 Å². The molecule has 1 amide bonds. The monoisotopic (exact) mass is 621 g/mol. The molecule has 0 saturated carbocycles. The Kier molecular flexibility index (Phi) is 10.7. The fraction of sp³-hybridized carbons (Fsp3) is 0.200. The Balaban J connectivity index is 1.36. The predicted octanol–water partition coefficient (Wildman–Crippen LogP) is 7.72. The Morgan fingerprint density at radius 1 is 0.932 bits per heavy atom. The maximum atomic E-state index is 12.5. The third-order valence-corrected chi connectivity index (χ3v) is 8.49. The molecule has 0 spiro atoms. The number of benzene rings is 4. The summed E-state index contributed by atoms with van der Waals surface area (Å²) in [6.45, 7) is 0.495. The molecule has 0 bridgehead atoms. The molecule has 1 atom stereocenters. The van der Waals surface area contributed by atoms with Gasteiger partial charge in [0.05, 0.1) is 22.9 Å². The van der Waals surface area contributed by atoms with Crippen LogP contribution in [0, 0.1) is 11.3 Å². The molecule has 0 fully saturated rings. The molecule has 44 heavy (non-hydrogen) atoms. The normalized spacial score (nSPS) is 11.5. The van der Waals surface area contributed by atoms with Crippen LogP contribution in [0.1, 0.15) is 58.1 Å². The van der Waals surface area contributed by atoms with Crippen molar-refractivity contribution >= 4 is 29.3 Å². The molecule has 0 aliphatic heterocycles. The van der Waals surface area contributed by atoms with Gasteiger partial charge in [0, 0.05) is 23.2 Å². The number of carbonyl (C=O) groups is 1. The number of thioether (sulfide) groups is 1. The minimum Gasteiger partial charge on any atom is -0.507 e. The molecular formula is C35H32ClN5O2S. The number of carbonyl (C=O) groups excluding carboxylic acids is 1. The Morgan fingerprint density at radius 2 is 1.70 bits per heavy atom. The van der Waals surface area contributed by atoms with Crippen molar-refractivity contribution < 1.29 is 9.90 Å². The van der Waals surface area contributed by atoms with Crippen LogP contribution in [0.15, 0.2) is 108 Å². The molecule has 0 aliphatic carbocycles. The van der Waals surface area contributed by atoms with Crippen LogP contribution in [0.2, 0.25) is 5.02 Å². The van der Waals surface area contributed by atoms with Gasteiger partial charge in [-0.05, 0) is 72.9 Å². The number of aromatic nitrogens is 3. The summed E-state index contributed by atoms with van der Waals surface area (Å²) < 4.78 is 2.10. The van der Waals surface area contributed by atoms with Crippen LogP contribution in [0.4, 0.5) is 0 Å². The lowest BCUT2D eigenvalue weighted by Gasteiger charge is -2.19. The lowest BCUT2D eigenvalue weighted by molar-refractivity contribution is 0.0950. The molecular weight excluding hydrogens is 590 g/mol. The van der Waals surface area contributed by atoms with Crippen molar-refractivity contribution in [2.45, 2.75) is 42.5 Å². The zero-order chi connectivity index (χ0) is 30.7. The van der Waals surface area contributed by atoms with E-state index in [2.05, 4.69) is 33.2 Å². The van der Waals surface area contributed by atoms with Crippen molar-refractivity contribution in [2.24, 2.45) is 0 Å². The van der Waals surface area contributed by atoms with Crippen LogP contribution in [0.5, 0.6) is 5.75 Å². The second-order valence-electron chi connectivity index (χ2n) is 10.4. The van der Waals surface area contributed by atoms with Crippen LogP contribution >= 0.6 is 23.4 Å². The maximum Gasteiger partial charge on any atom is 0.255 e. The first-order chi connectivity index (χ1) is 21.5. The fourth-order valence-electron chi connectivity index (χ4n) is 5.08. The van der Waals surface area contributed by atoms with E-state index in [0.29, 0.717) is 22.9 Å². The summed E-state index contributed by atoms with van der Waals surface area (Å²) in [6, 6.07) is 34.4. The molecule has 2 N–H and O–H groups in total. The van der Waals surface area contributed by atoms with Crippen LogP contribution in [-0.2, 0) is 12.2 Å². The molecule has 222 valence electrons. The number of phenolic OH excluding ortho intramolecular Hbond substituents is 1. The van der Waals surface area contributed by atoms with Crippen molar-refractivity contribution in [3.63, 3.8) is 0 Å². The average Bonchev–Trinajstić information content (AvgIpc) is 3.47. The Labute approximate surface area is 266 Å². The standard InChI is InChI=1S/C35H32ClN5O2S/c36-29-15-9-16-30(22-29)41-33(39-40-35(41)44-24-27-13-8-12-26(20-27)23-37)28(21-25-10-2-1-3-11-25)14-6-7-19-38-34(43)31-17-4-5-18-32(31)42/h1-5,8-13,15-18,20,22,28,42H,6-7,14,19,21,24H2,(H,38,43). The molecule has 1 heterocycles. The number of hydrogen-bond donors (Lipinski definition) is 2. The third-order valence-electron chi connectivity index (χ3n) is 7.25. The van der Waals surface area contributed by atoms with E-state index in [1.807, 2.05) is 60.7 Å². The van der Waals surface area contributed by atoms with Gasteiger partial charge in [-0.25, -0.2) is 0 Å². The number of phenols is 1. The topological polar surface area (TPSA) is 104 Å². The van der Waals surface area contributed by atoms with Gasteiger partial charge in [-0.15, -0.1) is 10.2 Å². The maximum absolute atomic E-state index is 12.5. The van der Waals surface area contributed by atoms with E-state index in [1.54, 1.807) is 36.0 Å². The van der Waals surface area contributed by atoms with Crippen LogP contribution in [-0.4, -0.2) is 32.3 Å². The van der Waals surface area contributed by atoms with Gasteiger partial charge in [0.2, 0.25) is 0 Å². The molecule has 5 aromatic rings. The largest absolute Gasteiger partial charge is 0.507 e. The summed E-state index contributed by atoms with van der Waals surface area (Å²) in [7, 11) is 0. The highest BCUT2D eigenvalue weighted by molar-refractivity contribution is 7.98. The average molecular weight is 622 g/mol. The van der Waals surface area contributed by atoms with Crippen LogP contribution in [0.25, 0.3) is 5.69 Å². The molecule has 0 radical (unpaired) electrons. The molecule has 9 heteroatoms. The molecule has 4 aromatic carbocycles. The minimum atomic E-state index is -0.286. The Hall–Kier alpha value is -4.58. The SMILES string of the molecule is N#Cc1cccc(CSc2nnc(C(CCCCNC(=O)c3ccccc3O)Cc3ccccc3)n2-c2cccc(Cl)c2)c1. The lowest BCUT2D eigenvalue weighted by atomic mass is 9.93. The summed E-state index contributed by atoms with van der Waals surface area (Å²) in [5.41, 5.74) is 4.02. The second-order valence-corrected chi connectivity index (χ2v) is 11.8. The highest BCUT2D eigenvalue weighted by Crippen LogP contribution is 2.33. The van der Waals surface area contributed by atoms with Crippen LogP contribution < -0.4 is 5.32 Å². The van der Waals surface area contributed by atoms with E-state index in [1.165, 1.54) is 11.6 Å². The summed E-state index contributed by atoms with van der Waals surface area (Å²) >= 11 is 8.01. The molecule has 1 unspecified atom stereocenters. The molecule has 5 rings (SSSR count). The van der Waals surface area contributed by atoms with Gasteiger partial charge in [-0.1, -0.05) is 90.4 Å². The van der Waals surface area contributed by atoms with E-state index < -0.39 is 0 Å². The number of hydrogen-bond acceptors (Lipinski definition) is 6. The lowest BCUT2D eigenvalue weighted by Crippen LogP contribution is -2.24. The highest BCUT2D eigenvalue weighted by atomic mass is 35.5. The van der Waals surface area contributed by atoms with Gasteiger partial charge in [0.15, 0.2) is 5.16 Å². The summed E-state index contributed by atoms with van der Waals surface area (Å²) in [5.74, 6) is 1.22. The number of halogens is 1. The minimum absolute atomic E-state index is 0.0280.